The van der Waals surface area contributed by atoms with Crippen molar-refractivity contribution in [2.24, 2.45) is 7.05 Å². The number of halogens is 1. The molecule has 0 radical (unpaired) electrons. The van der Waals surface area contributed by atoms with Crippen LogP contribution in [-0.4, -0.2) is 15.7 Å². The van der Waals surface area contributed by atoms with Gasteiger partial charge in [-0.3, -0.25) is 9.48 Å². The van der Waals surface area contributed by atoms with Crippen LogP contribution in [0.3, 0.4) is 0 Å². The Morgan fingerprint density at radius 3 is 2.89 bits per heavy atom. The zero-order chi connectivity index (χ0) is 18.8. The van der Waals surface area contributed by atoms with Gasteiger partial charge in [-0.15, -0.1) is 0 Å². The maximum Gasteiger partial charge on any atom is 0.255 e. The summed E-state index contributed by atoms with van der Waals surface area (Å²) in [5.74, 6) is -0.419. The summed E-state index contributed by atoms with van der Waals surface area (Å²) in [6.07, 6.45) is 4.97. The van der Waals surface area contributed by atoms with Crippen LogP contribution in [-0.2, 0) is 19.9 Å². The van der Waals surface area contributed by atoms with E-state index >= 15 is 0 Å². The summed E-state index contributed by atoms with van der Waals surface area (Å²) < 4.78 is 15.5. The van der Waals surface area contributed by atoms with E-state index < -0.39 is 0 Å². The van der Waals surface area contributed by atoms with Crippen molar-refractivity contribution in [2.45, 2.75) is 31.7 Å². The minimum Gasteiger partial charge on any atom is -0.345 e. The van der Waals surface area contributed by atoms with E-state index in [1.807, 2.05) is 43.4 Å². The van der Waals surface area contributed by atoms with E-state index in [2.05, 4.69) is 10.4 Å². The van der Waals surface area contributed by atoms with Gasteiger partial charge in [0.05, 0.1) is 23.5 Å². The molecule has 2 aromatic carbocycles. The lowest BCUT2D eigenvalue weighted by atomic mass is 9.87. The Morgan fingerprint density at radius 1 is 1.26 bits per heavy atom. The molecule has 0 spiro atoms. The molecule has 1 aliphatic carbocycles. The minimum atomic E-state index is -0.263. The second-order valence-corrected chi connectivity index (χ2v) is 7.05. The smallest absolute Gasteiger partial charge is 0.255 e. The molecule has 138 valence electrons. The van der Waals surface area contributed by atoms with Crippen LogP contribution in [0.2, 0.25) is 0 Å². The van der Waals surface area contributed by atoms with Crippen LogP contribution in [0.25, 0.3) is 0 Å². The van der Waals surface area contributed by atoms with Crippen LogP contribution in [0.4, 0.5) is 4.39 Å². The summed E-state index contributed by atoms with van der Waals surface area (Å²) in [6, 6.07) is 14.7. The maximum atomic E-state index is 13.7. The van der Waals surface area contributed by atoms with E-state index in [0.29, 0.717) is 12.0 Å². The minimum absolute atomic E-state index is 0.156. The molecule has 0 bridgehead atoms. The molecular formula is C22H22FN3O. The van der Waals surface area contributed by atoms with Gasteiger partial charge >= 0.3 is 0 Å². The predicted molar refractivity (Wildman–Crippen MR) is 102 cm³/mol. The molecule has 0 saturated heterocycles. The van der Waals surface area contributed by atoms with E-state index in [1.165, 1.54) is 6.07 Å². The van der Waals surface area contributed by atoms with Gasteiger partial charge in [-0.05, 0) is 48.1 Å². The lowest BCUT2D eigenvalue weighted by molar-refractivity contribution is 0.0931. The van der Waals surface area contributed by atoms with Crippen molar-refractivity contribution in [3.05, 3.63) is 88.5 Å². The van der Waals surface area contributed by atoms with Gasteiger partial charge in [-0.1, -0.05) is 36.4 Å². The quantitative estimate of drug-likeness (QED) is 0.763. The summed E-state index contributed by atoms with van der Waals surface area (Å²) in [6.45, 7) is 0. The topological polar surface area (TPSA) is 46.9 Å². The first-order valence-corrected chi connectivity index (χ1v) is 9.26. The fraction of sp³-hybridized carbons (Fsp3) is 0.273. The van der Waals surface area contributed by atoms with Gasteiger partial charge < -0.3 is 5.32 Å². The molecule has 1 heterocycles. The normalized spacial score (nSPS) is 16.0. The molecule has 0 saturated carbocycles. The lowest BCUT2D eigenvalue weighted by Crippen LogP contribution is -2.31. The number of carbonyl (C=O) groups is 1. The van der Waals surface area contributed by atoms with Gasteiger partial charge in [0.1, 0.15) is 5.82 Å². The second kappa shape index (κ2) is 7.35. The number of benzene rings is 2. The molecule has 1 amide bonds. The number of rotatable bonds is 4. The van der Waals surface area contributed by atoms with Crippen molar-refractivity contribution in [3.63, 3.8) is 0 Å². The van der Waals surface area contributed by atoms with Crippen molar-refractivity contribution in [1.82, 2.24) is 15.1 Å². The third kappa shape index (κ3) is 3.63. The zero-order valence-corrected chi connectivity index (χ0v) is 15.3. The summed E-state index contributed by atoms with van der Waals surface area (Å²) in [5.41, 5.74) is 4.57. The molecule has 1 aliphatic rings. The molecule has 27 heavy (non-hydrogen) atoms. The van der Waals surface area contributed by atoms with E-state index in [9.17, 15) is 9.18 Å². The van der Waals surface area contributed by atoms with Crippen LogP contribution in [0.15, 0.2) is 54.7 Å². The van der Waals surface area contributed by atoms with Crippen molar-refractivity contribution >= 4 is 5.91 Å². The van der Waals surface area contributed by atoms with Crippen molar-refractivity contribution in [2.75, 3.05) is 0 Å². The first-order valence-electron chi connectivity index (χ1n) is 9.26. The van der Waals surface area contributed by atoms with E-state index in [4.69, 9.17) is 0 Å². The Hall–Kier alpha value is -2.95. The predicted octanol–water partition coefficient (Wildman–Crippen LogP) is 3.96. The Bertz CT molecular complexity index is 965. The third-order valence-electron chi connectivity index (χ3n) is 5.25. The Labute approximate surface area is 158 Å². The summed E-state index contributed by atoms with van der Waals surface area (Å²) in [4.78, 5) is 13.0. The molecule has 0 fully saturated rings. The summed E-state index contributed by atoms with van der Waals surface area (Å²) in [7, 11) is 1.85. The highest BCUT2D eigenvalue weighted by atomic mass is 19.1. The number of carbonyl (C=O) groups excluding carboxylic acids is 1. The van der Waals surface area contributed by atoms with Crippen LogP contribution >= 0.6 is 0 Å². The molecule has 4 nitrogen and oxygen atoms in total. The average Bonchev–Trinajstić information content (AvgIpc) is 3.04. The van der Waals surface area contributed by atoms with Crippen molar-refractivity contribution < 1.29 is 9.18 Å². The molecule has 4 rings (SSSR count). The monoisotopic (exact) mass is 363 g/mol. The fourth-order valence-corrected chi connectivity index (χ4v) is 3.81. The van der Waals surface area contributed by atoms with Crippen LogP contribution in [0.5, 0.6) is 0 Å². The molecule has 1 aromatic heterocycles. The Morgan fingerprint density at radius 2 is 2.07 bits per heavy atom. The van der Waals surface area contributed by atoms with Gasteiger partial charge in [0.15, 0.2) is 0 Å². The number of nitrogens with zero attached hydrogens (tertiary/aromatic N) is 2. The Balaban J connectivity index is 1.58. The number of nitrogens with one attached hydrogen (secondary N) is 1. The molecule has 1 atom stereocenters. The Kier molecular flexibility index (Phi) is 4.75. The zero-order valence-electron chi connectivity index (χ0n) is 15.3. The van der Waals surface area contributed by atoms with E-state index in [1.54, 1.807) is 16.9 Å². The third-order valence-corrected chi connectivity index (χ3v) is 5.25. The number of hydrogen-bond donors (Lipinski definition) is 1. The molecule has 3 aromatic rings. The van der Waals surface area contributed by atoms with Crippen LogP contribution < -0.4 is 5.32 Å². The maximum absolute atomic E-state index is 13.7. The largest absolute Gasteiger partial charge is 0.345 e. The molecule has 5 heteroatoms. The number of fused-ring (bicyclic) bond motifs is 1. The van der Waals surface area contributed by atoms with Crippen LogP contribution in [0, 0.1) is 5.82 Å². The number of aryl methyl sites for hydroxylation is 2. The number of hydrogen-bond acceptors (Lipinski definition) is 2. The van der Waals surface area contributed by atoms with Crippen LogP contribution in [0.1, 0.15) is 51.6 Å². The van der Waals surface area contributed by atoms with E-state index in [-0.39, 0.29) is 17.8 Å². The second-order valence-electron chi connectivity index (χ2n) is 7.05. The first kappa shape index (κ1) is 17.5. The highest BCUT2D eigenvalue weighted by Gasteiger charge is 2.25. The number of amides is 1. The summed E-state index contributed by atoms with van der Waals surface area (Å²) >= 11 is 0. The molecular weight excluding hydrogens is 341 g/mol. The fourth-order valence-electron chi connectivity index (χ4n) is 3.81. The van der Waals surface area contributed by atoms with Gasteiger partial charge in [-0.2, -0.15) is 5.10 Å². The first-order chi connectivity index (χ1) is 13.1. The average molecular weight is 363 g/mol. The molecule has 1 N–H and O–H groups in total. The highest BCUT2D eigenvalue weighted by Crippen LogP contribution is 2.30. The van der Waals surface area contributed by atoms with Crippen molar-refractivity contribution in [1.29, 1.82) is 0 Å². The standard InChI is InChI=1S/C22H22FN3O/c1-26-21(12-15-6-3-2-4-7-15)19(14-24-26)22(27)25-20-9-5-8-16-10-11-17(23)13-18(16)20/h2-4,6-7,10-11,13-14,20H,5,8-9,12H2,1H3,(H,25,27)/t20-/m0/s1. The van der Waals surface area contributed by atoms with Crippen molar-refractivity contribution in [3.8, 4) is 0 Å². The highest BCUT2D eigenvalue weighted by molar-refractivity contribution is 5.95. The number of aromatic nitrogens is 2. The lowest BCUT2D eigenvalue weighted by Gasteiger charge is -2.26. The van der Waals surface area contributed by atoms with Gasteiger partial charge in [0, 0.05) is 13.5 Å². The summed E-state index contributed by atoms with van der Waals surface area (Å²) in [5, 5.41) is 7.38. The SMILES string of the molecule is Cn1ncc(C(=O)N[C@H]2CCCc3ccc(F)cc32)c1Cc1ccccc1. The van der Waals surface area contributed by atoms with E-state index in [0.717, 1.165) is 41.6 Å². The molecule has 0 aliphatic heterocycles. The van der Waals surface area contributed by atoms with Gasteiger partial charge in [0.2, 0.25) is 0 Å². The molecule has 0 unspecified atom stereocenters. The van der Waals surface area contributed by atoms with Gasteiger partial charge in [-0.25, -0.2) is 4.39 Å². The van der Waals surface area contributed by atoms with Gasteiger partial charge in [0.25, 0.3) is 5.91 Å².